The van der Waals surface area contributed by atoms with Gasteiger partial charge in [-0.25, -0.2) is 0 Å². The molecular weight excluding hydrogens is 144 g/mol. The summed E-state index contributed by atoms with van der Waals surface area (Å²) < 4.78 is 0. The summed E-state index contributed by atoms with van der Waals surface area (Å²) in [7, 11) is 0. The molecule has 1 aromatic rings. The van der Waals surface area contributed by atoms with Crippen molar-refractivity contribution in [3.8, 4) is 0 Å². The Morgan fingerprint density at radius 3 is 3.00 bits per heavy atom. The molecule has 0 aliphatic rings. The van der Waals surface area contributed by atoms with Gasteiger partial charge >= 0.3 is 0 Å². The van der Waals surface area contributed by atoms with Crippen molar-refractivity contribution in [3.63, 3.8) is 0 Å². The molecule has 1 atom stereocenters. The lowest BCUT2D eigenvalue weighted by Gasteiger charge is -2.05. The molecule has 0 fully saturated rings. The maximum atomic E-state index is 11.0. The number of H-pyrrole nitrogens is 1. The van der Waals surface area contributed by atoms with Crippen LogP contribution in [0.3, 0.4) is 0 Å². The number of hydrogen-bond donors (Lipinski definition) is 3. The van der Waals surface area contributed by atoms with Crippen LogP contribution >= 0.6 is 0 Å². The second-order valence-electron chi connectivity index (χ2n) is 2.24. The van der Waals surface area contributed by atoms with E-state index < -0.39 is 6.04 Å². The van der Waals surface area contributed by atoms with Gasteiger partial charge in [-0.15, -0.1) is 0 Å². The summed E-state index contributed by atoms with van der Waals surface area (Å²) in [6.45, 7) is -0.215. The van der Waals surface area contributed by atoms with Crippen LogP contribution in [0.1, 0.15) is 11.6 Å². The molecule has 0 radical (unpaired) electrons. The second-order valence-corrected chi connectivity index (χ2v) is 2.24. The fourth-order valence-electron chi connectivity index (χ4n) is 0.825. The summed E-state index contributed by atoms with van der Waals surface area (Å²) in [5.41, 5.74) is 5.60. The molecule has 1 heterocycles. The summed E-state index contributed by atoms with van der Waals surface area (Å²) in [4.78, 5) is 13.4. The smallest absolute Gasteiger partial charge is 0.252 e. The molecule has 0 aromatic carbocycles. The third kappa shape index (κ3) is 1.66. The van der Waals surface area contributed by atoms with E-state index in [0.717, 1.165) is 0 Å². The van der Waals surface area contributed by atoms with Crippen molar-refractivity contribution in [3.05, 3.63) is 34.2 Å². The second kappa shape index (κ2) is 3.32. The lowest BCUT2D eigenvalue weighted by Crippen LogP contribution is -2.23. The zero-order chi connectivity index (χ0) is 8.27. The highest BCUT2D eigenvalue weighted by molar-refractivity contribution is 5.13. The van der Waals surface area contributed by atoms with E-state index in [-0.39, 0.29) is 12.2 Å². The van der Waals surface area contributed by atoms with Gasteiger partial charge in [-0.2, -0.15) is 0 Å². The Balaban J connectivity index is 3.03. The molecule has 0 amide bonds. The summed E-state index contributed by atoms with van der Waals surface area (Å²) in [5, 5.41) is 8.63. The Morgan fingerprint density at radius 2 is 2.45 bits per heavy atom. The van der Waals surface area contributed by atoms with Gasteiger partial charge in [0.05, 0.1) is 12.6 Å². The van der Waals surface area contributed by atoms with Gasteiger partial charge in [-0.1, -0.05) is 6.07 Å². The minimum absolute atomic E-state index is 0.215. The lowest BCUT2D eigenvalue weighted by atomic mass is 10.1. The molecule has 0 aliphatic carbocycles. The molecule has 0 aliphatic heterocycles. The van der Waals surface area contributed by atoms with Gasteiger partial charge in [-0.05, 0) is 6.07 Å². The van der Waals surface area contributed by atoms with E-state index in [1.54, 1.807) is 12.1 Å². The highest BCUT2D eigenvalue weighted by Gasteiger charge is 2.06. The van der Waals surface area contributed by atoms with Crippen molar-refractivity contribution in [2.75, 3.05) is 6.61 Å². The highest BCUT2D eigenvalue weighted by atomic mass is 16.3. The first-order valence-electron chi connectivity index (χ1n) is 3.29. The fourth-order valence-corrected chi connectivity index (χ4v) is 0.825. The quantitative estimate of drug-likeness (QED) is 0.530. The van der Waals surface area contributed by atoms with Crippen LogP contribution in [0.4, 0.5) is 0 Å². The largest absolute Gasteiger partial charge is 0.394 e. The summed E-state index contributed by atoms with van der Waals surface area (Å²) >= 11 is 0. The Hall–Kier alpha value is -1.13. The number of hydrogen-bond acceptors (Lipinski definition) is 3. The van der Waals surface area contributed by atoms with E-state index in [1.807, 2.05) is 0 Å². The predicted octanol–water partition coefficient (Wildman–Crippen LogP) is -0.633. The lowest BCUT2D eigenvalue weighted by molar-refractivity contribution is 0.267. The number of aliphatic hydroxyl groups excluding tert-OH is 1. The molecule has 1 rings (SSSR count). The average molecular weight is 154 g/mol. The molecule has 0 spiro atoms. The maximum absolute atomic E-state index is 11.0. The topological polar surface area (TPSA) is 79.1 Å². The van der Waals surface area contributed by atoms with Crippen LogP contribution in [0.2, 0.25) is 0 Å². The molecular formula is C7H10N2O2. The van der Waals surface area contributed by atoms with Gasteiger partial charge in [0.1, 0.15) is 0 Å². The minimum atomic E-state index is -0.583. The number of pyridine rings is 1. The van der Waals surface area contributed by atoms with Gasteiger partial charge in [0.2, 0.25) is 0 Å². The SMILES string of the molecule is N[C@@H](CO)c1ccc[nH]c1=O. The van der Waals surface area contributed by atoms with E-state index in [1.165, 1.54) is 6.20 Å². The normalized spacial score (nSPS) is 12.9. The van der Waals surface area contributed by atoms with Gasteiger partial charge in [0, 0.05) is 11.8 Å². The Labute approximate surface area is 63.7 Å². The number of aliphatic hydroxyl groups is 1. The van der Waals surface area contributed by atoms with Gasteiger partial charge in [0.25, 0.3) is 5.56 Å². The Kier molecular flexibility index (Phi) is 2.40. The van der Waals surface area contributed by atoms with E-state index in [0.29, 0.717) is 5.56 Å². The molecule has 1 aromatic heterocycles. The van der Waals surface area contributed by atoms with E-state index >= 15 is 0 Å². The van der Waals surface area contributed by atoms with Crippen molar-refractivity contribution in [1.29, 1.82) is 0 Å². The number of rotatable bonds is 2. The summed E-state index contributed by atoms with van der Waals surface area (Å²) in [6, 6.07) is 2.69. The molecule has 11 heavy (non-hydrogen) atoms. The first kappa shape index (κ1) is 7.97. The van der Waals surface area contributed by atoms with Crippen molar-refractivity contribution in [2.45, 2.75) is 6.04 Å². The number of aromatic nitrogens is 1. The van der Waals surface area contributed by atoms with Crippen LogP contribution in [0, 0.1) is 0 Å². The van der Waals surface area contributed by atoms with Crippen molar-refractivity contribution >= 4 is 0 Å². The van der Waals surface area contributed by atoms with Crippen LogP contribution in [-0.4, -0.2) is 16.7 Å². The first-order valence-corrected chi connectivity index (χ1v) is 3.29. The molecule has 0 unspecified atom stereocenters. The molecule has 4 heteroatoms. The van der Waals surface area contributed by atoms with Crippen LogP contribution < -0.4 is 11.3 Å². The van der Waals surface area contributed by atoms with E-state index in [2.05, 4.69) is 4.98 Å². The number of nitrogens with two attached hydrogens (primary N) is 1. The predicted molar refractivity (Wildman–Crippen MR) is 41.1 cm³/mol. The van der Waals surface area contributed by atoms with Crippen LogP contribution in [-0.2, 0) is 0 Å². The Bertz CT molecular complexity index is 282. The molecule has 4 nitrogen and oxygen atoms in total. The summed E-state index contributed by atoms with van der Waals surface area (Å²) in [5.74, 6) is 0. The zero-order valence-corrected chi connectivity index (χ0v) is 5.95. The molecule has 60 valence electrons. The van der Waals surface area contributed by atoms with E-state index in [9.17, 15) is 4.79 Å². The third-order valence-electron chi connectivity index (χ3n) is 1.44. The monoisotopic (exact) mass is 154 g/mol. The number of nitrogens with one attached hydrogen (secondary N) is 1. The molecule has 0 bridgehead atoms. The fraction of sp³-hybridized carbons (Fsp3) is 0.286. The van der Waals surface area contributed by atoms with Gasteiger partial charge in [0.15, 0.2) is 0 Å². The molecule has 4 N–H and O–H groups in total. The van der Waals surface area contributed by atoms with Crippen molar-refractivity contribution in [2.24, 2.45) is 5.73 Å². The minimum Gasteiger partial charge on any atom is -0.394 e. The van der Waals surface area contributed by atoms with Gasteiger partial charge in [-0.3, -0.25) is 4.79 Å². The summed E-state index contributed by atoms with van der Waals surface area (Å²) in [6.07, 6.45) is 1.52. The van der Waals surface area contributed by atoms with Crippen molar-refractivity contribution < 1.29 is 5.11 Å². The van der Waals surface area contributed by atoms with Crippen LogP contribution in [0.25, 0.3) is 0 Å². The zero-order valence-electron chi connectivity index (χ0n) is 5.95. The first-order chi connectivity index (χ1) is 5.25. The standard InChI is InChI=1S/C7H10N2O2/c8-6(4-10)5-2-1-3-9-7(5)11/h1-3,6,10H,4,8H2,(H,9,11)/t6-/m0/s1. The molecule has 0 saturated heterocycles. The molecule has 0 saturated carbocycles. The van der Waals surface area contributed by atoms with Gasteiger partial charge < -0.3 is 15.8 Å². The third-order valence-corrected chi connectivity index (χ3v) is 1.44. The average Bonchev–Trinajstić information content (AvgIpc) is 2.04. The highest BCUT2D eigenvalue weighted by Crippen LogP contribution is 2.00. The van der Waals surface area contributed by atoms with Crippen LogP contribution in [0.15, 0.2) is 23.1 Å². The maximum Gasteiger partial charge on any atom is 0.252 e. The van der Waals surface area contributed by atoms with Crippen molar-refractivity contribution in [1.82, 2.24) is 4.98 Å². The Morgan fingerprint density at radius 1 is 1.73 bits per heavy atom. The van der Waals surface area contributed by atoms with E-state index in [4.69, 9.17) is 10.8 Å². The number of aromatic amines is 1. The van der Waals surface area contributed by atoms with Crippen LogP contribution in [0.5, 0.6) is 0 Å².